The summed E-state index contributed by atoms with van der Waals surface area (Å²) in [6, 6.07) is 3.52. The Hall–Kier alpha value is -1.74. The van der Waals surface area contributed by atoms with Gasteiger partial charge in [-0.05, 0) is 68.2 Å². The van der Waals surface area contributed by atoms with Crippen molar-refractivity contribution in [1.29, 1.82) is 0 Å². The molecular weight excluding hydrogens is 324 g/mol. The Kier molecular flexibility index (Phi) is 4.96. The van der Waals surface area contributed by atoms with Gasteiger partial charge in [-0.2, -0.15) is 0 Å². The van der Waals surface area contributed by atoms with Crippen molar-refractivity contribution in [3.05, 3.63) is 47.1 Å². The second kappa shape index (κ2) is 6.77. The van der Waals surface area contributed by atoms with Gasteiger partial charge in [0.25, 0.3) is 0 Å². The molecule has 142 valence electrons. The first-order valence-corrected chi connectivity index (χ1v) is 9.63. The molecule has 0 spiro atoms. The minimum atomic E-state index is -0.448. The Morgan fingerprint density at radius 1 is 1.12 bits per heavy atom. The van der Waals surface area contributed by atoms with E-state index in [1.807, 2.05) is 13.8 Å². The maximum atomic E-state index is 10.8. The zero-order valence-electron chi connectivity index (χ0n) is 16.7. The summed E-state index contributed by atoms with van der Waals surface area (Å²) in [6.45, 7) is 10.6. The van der Waals surface area contributed by atoms with Crippen molar-refractivity contribution in [3.63, 3.8) is 0 Å². The highest BCUT2D eigenvalue weighted by Crippen LogP contribution is 2.44. The fourth-order valence-corrected chi connectivity index (χ4v) is 4.15. The van der Waals surface area contributed by atoms with E-state index in [9.17, 15) is 10.2 Å². The molecule has 1 aliphatic heterocycles. The van der Waals surface area contributed by atoms with E-state index in [4.69, 9.17) is 4.74 Å². The third-order valence-corrected chi connectivity index (χ3v) is 6.15. The zero-order valence-corrected chi connectivity index (χ0v) is 16.7. The number of fused-ring (bicyclic) bond motifs is 2. The van der Waals surface area contributed by atoms with Crippen LogP contribution in [0.4, 0.5) is 0 Å². The lowest BCUT2D eigenvalue weighted by Gasteiger charge is -2.43. The first-order chi connectivity index (χ1) is 12.1. The fraction of sp³-hybridized carbons (Fsp3) is 0.565. The Labute approximate surface area is 157 Å². The summed E-state index contributed by atoms with van der Waals surface area (Å²) in [7, 11) is 0. The number of phenolic OH excluding ortho intramolecular Hbond substituents is 1. The normalized spacial score (nSPS) is 33.1. The summed E-state index contributed by atoms with van der Waals surface area (Å²) in [5.41, 5.74) is 2.90. The molecule has 1 aromatic carbocycles. The zero-order chi connectivity index (χ0) is 19.1. The van der Waals surface area contributed by atoms with E-state index in [0.29, 0.717) is 6.42 Å². The van der Waals surface area contributed by atoms with Crippen LogP contribution in [0.15, 0.2) is 35.9 Å². The predicted molar refractivity (Wildman–Crippen MR) is 106 cm³/mol. The van der Waals surface area contributed by atoms with E-state index >= 15 is 0 Å². The van der Waals surface area contributed by atoms with Crippen molar-refractivity contribution in [2.24, 2.45) is 11.3 Å². The van der Waals surface area contributed by atoms with Gasteiger partial charge in [0.15, 0.2) is 0 Å². The van der Waals surface area contributed by atoms with E-state index < -0.39 is 11.7 Å². The highest BCUT2D eigenvalue weighted by molar-refractivity contribution is 5.47. The molecule has 0 radical (unpaired) electrons. The maximum absolute atomic E-state index is 10.8. The van der Waals surface area contributed by atoms with E-state index in [1.54, 1.807) is 12.1 Å². The van der Waals surface area contributed by atoms with Gasteiger partial charge in [0.2, 0.25) is 0 Å². The Balaban J connectivity index is 2.02. The largest absolute Gasteiger partial charge is 0.508 e. The minimum absolute atomic E-state index is 0.0542. The van der Waals surface area contributed by atoms with Crippen LogP contribution in [0, 0.1) is 18.3 Å². The third-order valence-electron chi connectivity index (χ3n) is 6.15. The molecule has 26 heavy (non-hydrogen) atoms. The Bertz CT molecular complexity index is 744. The minimum Gasteiger partial charge on any atom is -0.508 e. The van der Waals surface area contributed by atoms with Crippen molar-refractivity contribution < 1.29 is 14.9 Å². The standard InChI is InChI=1S/C23H32O3/c1-15-7-10-22(3,4)8-6-9-23(5)17(13-20(15)25)12-19-16(2)11-18(24)14-21(19)26-23/h6-8,11,14,17,20,24-25H,9-10,12-13H2,1-5H3/b8-6?,15-7+/t17-,20-,23-/m1/s1. The monoisotopic (exact) mass is 356 g/mol. The van der Waals surface area contributed by atoms with Gasteiger partial charge >= 0.3 is 0 Å². The molecule has 1 aromatic rings. The summed E-state index contributed by atoms with van der Waals surface area (Å²) >= 11 is 0. The lowest BCUT2D eigenvalue weighted by molar-refractivity contribution is -0.00766. The molecule has 3 heteroatoms. The predicted octanol–water partition coefficient (Wildman–Crippen LogP) is 5.08. The van der Waals surface area contributed by atoms with Crippen LogP contribution in [-0.2, 0) is 6.42 Å². The van der Waals surface area contributed by atoms with Gasteiger partial charge in [-0.25, -0.2) is 0 Å². The summed E-state index contributed by atoms with van der Waals surface area (Å²) in [5, 5.41) is 20.8. The maximum Gasteiger partial charge on any atom is 0.127 e. The lowest BCUT2D eigenvalue weighted by Crippen LogP contribution is -2.46. The lowest BCUT2D eigenvalue weighted by atomic mass is 9.75. The summed E-state index contributed by atoms with van der Waals surface area (Å²) < 4.78 is 6.47. The van der Waals surface area contributed by atoms with Crippen molar-refractivity contribution in [2.75, 3.05) is 0 Å². The second-order valence-corrected chi connectivity index (χ2v) is 9.05. The van der Waals surface area contributed by atoms with E-state index in [-0.39, 0.29) is 17.1 Å². The van der Waals surface area contributed by atoms with Gasteiger partial charge in [-0.1, -0.05) is 32.1 Å². The molecule has 3 nitrogen and oxygen atoms in total. The molecule has 0 unspecified atom stereocenters. The number of benzene rings is 1. The molecule has 0 saturated carbocycles. The van der Waals surface area contributed by atoms with Gasteiger partial charge in [0.1, 0.15) is 17.1 Å². The molecule has 1 heterocycles. The molecule has 1 aliphatic carbocycles. The average molecular weight is 357 g/mol. The first-order valence-electron chi connectivity index (χ1n) is 9.63. The van der Waals surface area contributed by atoms with Crippen LogP contribution >= 0.6 is 0 Å². The fourth-order valence-electron chi connectivity index (χ4n) is 4.15. The van der Waals surface area contributed by atoms with Gasteiger partial charge in [0, 0.05) is 18.4 Å². The van der Waals surface area contributed by atoms with Gasteiger partial charge in [0.05, 0.1) is 6.10 Å². The average Bonchev–Trinajstić information content (AvgIpc) is 2.54. The summed E-state index contributed by atoms with van der Waals surface area (Å²) in [5.74, 6) is 1.24. The molecule has 0 bridgehead atoms. The number of allylic oxidation sites excluding steroid dienone is 2. The molecule has 0 fully saturated rings. The van der Waals surface area contributed by atoms with Crippen molar-refractivity contribution in [3.8, 4) is 11.5 Å². The number of aromatic hydroxyl groups is 1. The Morgan fingerprint density at radius 3 is 2.58 bits per heavy atom. The number of phenols is 1. The van der Waals surface area contributed by atoms with Crippen molar-refractivity contribution in [1.82, 2.24) is 0 Å². The topological polar surface area (TPSA) is 49.7 Å². The van der Waals surface area contributed by atoms with Crippen LogP contribution < -0.4 is 4.74 Å². The SMILES string of the molecule is C/C1=C\CC(C)(C)C=CC[C@@]2(C)Oc3cc(O)cc(C)c3C[C@@H]2C[C@H]1O. The van der Waals surface area contributed by atoms with Crippen LogP contribution in [0.5, 0.6) is 11.5 Å². The van der Waals surface area contributed by atoms with Crippen LogP contribution in [-0.4, -0.2) is 21.9 Å². The van der Waals surface area contributed by atoms with Gasteiger partial charge < -0.3 is 14.9 Å². The highest BCUT2D eigenvalue weighted by atomic mass is 16.5. The number of aliphatic hydroxyl groups excluding tert-OH is 1. The molecule has 3 rings (SSSR count). The molecule has 2 N–H and O–H groups in total. The number of hydrogen-bond acceptors (Lipinski definition) is 3. The number of ether oxygens (including phenoxy) is 1. The first kappa shape index (κ1) is 19.0. The van der Waals surface area contributed by atoms with Crippen LogP contribution in [0.3, 0.4) is 0 Å². The van der Waals surface area contributed by atoms with Gasteiger partial charge in [-0.3, -0.25) is 0 Å². The van der Waals surface area contributed by atoms with Crippen molar-refractivity contribution in [2.45, 2.75) is 72.0 Å². The number of aryl methyl sites for hydroxylation is 1. The third kappa shape index (κ3) is 3.83. The molecule has 0 amide bonds. The quantitative estimate of drug-likeness (QED) is 0.637. The molecular formula is C23H32O3. The highest BCUT2D eigenvalue weighted by Gasteiger charge is 2.42. The number of hydrogen-bond donors (Lipinski definition) is 2. The van der Waals surface area contributed by atoms with Crippen LogP contribution in [0.2, 0.25) is 0 Å². The Morgan fingerprint density at radius 2 is 1.85 bits per heavy atom. The molecule has 3 atom stereocenters. The number of aliphatic hydroxyl groups is 1. The van der Waals surface area contributed by atoms with E-state index in [1.165, 1.54) is 0 Å². The van der Waals surface area contributed by atoms with Gasteiger partial charge in [-0.15, -0.1) is 0 Å². The number of rotatable bonds is 0. The van der Waals surface area contributed by atoms with Crippen molar-refractivity contribution >= 4 is 0 Å². The summed E-state index contributed by atoms with van der Waals surface area (Å²) in [4.78, 5) is 0. The summed E-state index contributed by atoms with van der Waals surface area (Å²) in [6.07, 6.45) is 9.49. The van der Waals surface area contributed by atoms with E-state index in [2.05, 4.69) is 39.0 Å². The van der Waals surface area contributed by atoms with E-state index in [0.717, 1.165) is 41.7 Å². The molecule has 2 aliphatic rings. The molecule has 0 saturated heterocycles. The van der Waals surface area contributed by atoms with Crippen LogP contribution in [0.1, 0.15) is 58.1 Å². The van der Waals surface area contributed by atoms with Crippen LogP contribution in [0.25, 0.3) is 0 Å². The second-order valence-electron chi connectivity index (χ2n) is 9.05. The smallest absolute Gasteiger partial charge is 0.127 e. The molecule has 0 aromatic heterocycles.